The van der Waals surface area contributed by atoms with E-state index in [-0.39, 0.29) is 11.4 Å². The van der Waals surface area contributed by atoms with Crippen LogP contribution in [-0.2, 0) is 16.6 Å². The van der Waals surface area contributed by atoms with E-state index < -0.39 is 15.8 Å². The average molecular weight is 411 g/mol. The van der Waals surface area contributed by atoms with Crippen LogP contribution in [0.1, 0.15) is 5.69 Å². The quantitative estimate of drug-likeness (QED) is 0.519. The van der Waals surface area contributed by atoms with Crippen LogP contribution in [0.4, 0.5) is 10.1 Å². The number of anilines is 1. The van der Waals surface area contributed by atoms with Crippen LogP contribution in [0, 0.1) is 5.82 Å². The summed E-state index contributed by atoms with van der Waals surface area (Å²) < 4.78 is 46.8. The minimum Gasteiger partial charge on any atom is -0.495 e. The maximum atomic E-state index is 13.7. The monoisotopic (exact) mass is 411 g/mol. The highest BCUT2D eigenvalue weighted by molar-refractivity contribution is 7.90. The van der Waals surface area contributed by atoms with E-state index in [1.165, 1.54) is 41.4 Å². The van der Waals surface area contributed by atoms with Crippen LogP contribution >= 0.6 is 0 Å². The second-order valence-electron chi connectivity index (χ2n) is 6.33. The van der Waals surface area contributed by atoms with Crippen molar-refractivity contribution >= 4 is 26.7 Å². The van der Waals surface area contributed by atoms with Gasteiger partial charge in [-0.1, -0.05) is 18.2 Å². The van der Waals surface area contributed by atoms with Crippen molar-refractivity contribution in [2.45, 2.75) is 11.4 Å². The van der Waals surface area contributed by atoms with Gasteiger partial charge in [-0.15, -0.1) is 0 Å². The number of rotatable bonds is 6. The van der Waals surface area contributed by atoms with Gasteiger partial charge in [0.1, 0.15) is 11.6 Å². The number of benzene rings is 2. The molecule has 0 aliphatic rings. The summed E-state index contributed by atoms with van der Waals surface area (Å²) in [6, 6.07) is 17.6. The molecule has 0 fully saturated rings. The van der Waals surface area contributed by atoms with E-state index in [9.17, 15) is 12.8 Å². The average Bonchev–Trinajstić information content (AvgIpc) is 3.12. The first-order valence-corrected chi connectivity index (χ1v) is 10.3. The second-order valence-corrected chi connectivity index (χ2v) is 8.12. The van der Waals surface area contributed by atoms with Crippen molar-refractivity contribution in [2.24, 2.45) is 0 Å². The van der Waals surface area contributed by atoms with E-state index in [0.717, 1.165) is 0 Å². The van der Waals surface area contributed by atoms with E-state index in [4.69, 9.17) is 4.74 Å². The summed E-state index contributed by atoms with van der Waals surface area (Å²) in [5.41, 5.74) is 1.22. The molecular weight excluding hydrogens is 393 g/mol. The molecule has 0 spiro atoms. The summed E-state index contributed by atoms with van der Waals surface area (Å²) >= 11 is 0. The fraction of sp³-hybridized carbons (Fsp3) is 0.0952. The van der Waals surface area contributed by atoms with Gasteiger partial charge in [-0.05, 0) is 42.5 Å². The van der Waals surface area contributed by atoms with Gasteiger partial charge in [0.2, 0.25) is 0 Å². The van der Waals surface area contributed by atoms with E-state index in [1.54, 1.807) is 42.6 Å². The Bertz CT molecular complexity index is 1270. The summed E-state index contributed by atoms with van der Waals surface area (Å²) in [5.74, 6) is 0.0329. The summed E-state index contributed by atoms with van der Waals surface area (Å²) in [6.07, 6.45) is 1.55. The molecule has 1 N–H and O–H groups in total. The Hall–Kier alpha value is -3.39. The van der Waals surface area contributed by atoms with Crippen molar-refractivity contribution in [1.29, 1.82) is 0 Å². The van der Waals surface area contributed by atoms with Crippen LogP contribution in [-0.4, -0.2) is 24.5 Å². The second kappa shape index (κ2) is 7.56. The van der Waals surface area contributed by atoms with Crippen molar-refractivity contribution < 1.29 is 17.5 Å². The first kappa shape index (κ1) is 18.9. The van der Waals surface area contributed by atoms with Gasteiger partial charge >= 0.3 is 0 Å². The predicted molar refractivity (Wildman–Crippen MR) is 109 cm³/mol. The highest BCUT2D eigenvalue weighted by atomic mass is 32.2. The molecular formula is C21H18FN3O3S. The molecule has 0 radical (unpaired) electrons. The lowest BCUT2D eigenvalue weighted by Gasteiger charge is -2.14. The first-order chi connectivity index (χ1) is 14.0. The molecule has 148 valence electrons. The molecule has 6 nitrogen and oxygen atoms in total. The maximum Gasteiger partial charge on any atom is 0.269 e. The van der Waals surface area contributed by atoms with Gasteiger partial charge in [-0.2, -0.15) is 0 Å². The highest BCUT2D eigenvalue weighted by Crippen LogP contribution is 2.28. The zero-order valence-electron chi connectivity index (χ0n) is 15.5. The molecule has 0 bridgehead atoms. The summed E-state index contributed by atoms with van der Waals surface area (Å²) in [4.78, 5) is 4.43. The summed E-state index contributed by atoms with van der Waals surface area (Å²) in [6.45, 7) is 0.127. The number of hydrogen-bond acceptors (Lipinski definition) is 5. The van der Waals surface area contributed by atoms with Gasteiger partial charge in [0.05, 0.1) is 29.9 Å². The molecule has 8 heteroatoms. The minimum absolute atomic E-state index is 0.127. The third kappa shape index (κ3) is 3.54. The number of halogens is 1. The van der Waals surface area contributed by atoms with Gasteiger partial charge in [-0.25, -0.2) is 21.8 Å². The van der Waals surface area contributed by atoms with E-state index in [2.05, 4.69) is 10.3 Å². The van der Waals surface area contributed by atoms with Crippen LogP contribution in [0.5, 0.6) is 5.75 Å². The van der Waals surface area contributed by atoms with Crippen LogP contribution in [0.15, 0.2) is 77.8 Å². The number of ether oxygens (including phenoxy) is 1. The normalized spacial score (nSPS) is 11.5. The summed E-state index contributed by atoms with van der Waals surface area (Å²) in [5, 5.41) is 3.76. The first-order valence-electron chi connectivity index (χ1n) is 8.84. The number of pyridine rings is 1. The molecule has 2 aromatic heterocycles. The molecule has 0 atom stereocenters. The lowest BCUT2D eigenvalue weighted by molar-refractivity contribution is 0.415. The zero-order valence-corrected chi connectivity index (χ0v) is 16.4. The molecule has 0 saturated carbocycles. The minimum atomic E-state index is -3.87. The topological polar surface area (TPSA) is 73.2 Å². The Morgan fingerprint density at radius 3 is 2.62 bits per heavy atom. The molecule has 2 heterocycles. The van der Waals surface area contributed by atoms with Gasteiger partial charge in [-0.3, -0.25) is 0 Å². The number of hydrogen-bond donors (Lipinski definition) is 1. The Morgan fingerprint density at radius 2 is 1.86 bits per heavy atom. The Morgan fingerprint density at radius 1 is 1.07 bits per heavy atom. The Kier molecular flexibility index (Phi) is 4.94. The molecule has 0 saturated heterocycles. The molecule has 0 aliphatic heterocycles. The number of nitrogens with zero attached hydrogens (tertiary/aromatic N) is 2. The van der Waals surface area contributed by atoms with Crippen molar-refractivity contribution in [3.63, 3.8) is 0 Å². The van der Waals surface area contributed by atoms with E-state index in [1.807, 2.05) is 0 Å². The van der Waals surface area contributed by atoms with Crippen molar-refractivity contribution in [3.8, 4) is 5.75 Å². The number of nitrogens with one attached hydrogen (secondary N) is 1. The lowest BCUT2D eigenvalue weighted by atomic mass is 10.2. The fourth-order valence-electron chi connectivity index (χ4n) is 3.16. The number of aromatic nitrogens is 2. The van der Waals surface area contributed by atoms with Gasteiger partial charge in [0.25, 0.3) is 10.0 Å². The van der Waals surface area contributed by atoms with E-state index >= 15 is 0 Å². The molecule has 0 aliphatic carbocycles. The van der Waals surface area contributed by atoms with Crippen molar-refractivity contribution in [1.82, 2.24) is 8.96 Å². The van der Waals surface area contributed by atoms with Crippen molar-refractivity contribution in [3.05, 3.63) is 84.4 Å². The molecule has 0 amide bonds. The van der Waals surface area contributed by atoms with Crippen molar-refractivity contribution in [2.75, 3.05) is 12.4 Å². The third-order valence-electron chi connectivity index (χ3n) is 4.50. The number of methoxy groups -OCH3 is 1. The van der Waals surface area contributed by atoms with Gasteiger partial charge in [0, 0.05) is 17.6 Å². The van der Waals surface area contributed by atoms with Crippen LogP contribution in [0.25, 0.3) is 11.0 Å². The number of fused-ring (bicyclic) bond motifs is 1. The molecule has 0 unspecified atom stereocenters. The van der Waals surface area contributed by atoms with Crippen LogP contribution < -0.4 is 10.1 Å². The van der Waals surface area contributed by atoms with E-state index in [0.29, 0.717) is 28.2 Å². The zero-order chi connectivity index (χ0) is 20.4. The fourth-order valence-corrected chi connectivity index (χ4v) is 4.68. The smallest absolute Gasteiger partial charge is 0.269 e. The molecule has 4 rings (SSSR count). The van der Waals surface area contributed by atoms with Gasteiger partial charge < -0.3 is 10.1 Å². The predicted octanol–water partition coefficient (Wildman–Crippen LogP) is 4.03. The van der Waals surface area contributed by atoms with Crippen LogP contribution in [0.2, 0.25) is 0 Å². The molecule has 2 aromatic carbocycles. The summed E-state index contributed by atoms with van der Waals surface area (Å²) in [7, 11) is -2.39. The molecule has 29 heavy (non-hydrogen) atoms. The highest BCUT2D eigenvalue weighted by Gasteiger charge is 2.23. The largest absolute Gasteiger partial charge is 0.495 e. The Balaban J connectivity index is 1.80. The van der Waals surface area contributed by atoms with Gasteiger partial charge in [0.15, 0.2) is 5.65 Å². The molecule has 4 aromatic rings. The SMILES string of the molecule is COc1ccc(F)cc1NCc1cc2cccnc2n1S(=O)(=O)c1ccccc1. The Labute approximate surface area is 167 Å². The maximum absolute atomic E-state index is 13.7. The standard InChI is InChI=1S/C21H18FN3O3S/c1-28-20-10-9-16(22)13-19(20)24-14-17-12-15-6-5-11-23-21(15)25(17)29(26,27)18-7-3-2-4-8-18/h2-13,24H,14H2,1H3. The third-order valence-corrected chi connectivity index (χ3v) is 6.25. The lowest BCUT2D eigenvalue weighted by Crippen LogP contribution is -2.18. The van der Waals surface area contributed by atoms with Crippen LogP contribution in [0.3, 0.4) is 0 Å².